The highest BCUT2D eigenvalue weighted by atomic mass is 79.9. The molecule has 0 fully saturated rings. The van der Waals surface area contributed by atoms with E-state index in [9.17, 15) is 4.39 Å². The smallest absolute Gasteiger partial charge is 0.213 e. The number of hydrogen-bond acceptors (Lipinski definition) is 1. The first kappa shape index (κ1) is 10.6. The van der Waals surface area contributed by atoms with Crippen molar-refractivity contribution in [2.45, 2.75) is 0 Å². The molecule has 1 aromatic carbocycles. The summed E-state index contributed by atoms with van der Waals surface area (Å²) in [6.07, 6.45) is 1.31. The highest BCUT2D eigenvalue weighted by molar-refractivity contribution is 9.10. The summed E-state index contributed by atoms with van der Waals surface area (Å²) in [5.74, 6) is -0.533. The average molecular weight is 287 g/mol. The van der Waals surface area contributed by atoms with E-state index in [0.717, 1.165) is 10.0 Å². The molecule has 2 aromatic rings. The molecule has 1 aromatic heterocycles. The Kier molecular flexibility index (Phi) is 3.03. The van der Waals surface area contributed by atoms with Gasteiger partial charge in [0.25, 0.3) is 0 Å². The molecule has 0 aliphatic rings. The number of halogens is 3. The third-order valence-electron chi connectivity index (χ3n) is 1.96. The van der Waals surface area contributed by atoms with Crippen LogP contribution < -0.4 is 0 Å². The summed E-state index contributed by atoms with van der Waals surface area (Å²) in [4.78, 5) is 3.48. The molecule has 0 unspecified atom stereocenters. The van der Waals surface area contributed by atoms with Gasteiger partial charge in [0.15, 0.2) is 0 Å². The quantitative estimate of drug-likeness (QED) is 0.712. The highest BCUT2D eigenvalue weighted by Crippen LogP contribution is 2.29. The van der Waals surface area contributed by atoms with Gasteiger partial charge in [-0.05, 0) is 17.7 Å². The molecule has 0 atom stereocenters. The lowest BCUT2D eigenvalue weighted by atomic mass is 10.1. The van der Waals surface area contributed by atoms with Crippen molar-refractivity contribution >= 4 is 27.5 Å². The number of nitrogens with zero attached hydrogens (tertiary/aromatic N) is 1. The van der Waals surface area contributed by atoms with Gasteiger partial charge in [-0.15, -0.1) is 0 Å². The van der Waals surface area contributed by atoms with Crippen molar-refractivity contribution in [1.29, 1.82) is 0 Å². The van der Waals surface area contributed by atoms with E-state index < -0.39 is 5.95 Å². The fourth-order valence-corrected chi connectivity index (χ4v) is 1.90. The van der Waals surface area contributed by atoms with Crippen LogP contribution in [0.3, 0.4) is 0 Å². The lowest BCUT2D eigenvalue weighted by Gasteiger charge is -2.04. The van der Waals surface area contributed by atoms with E-state index in [1.807, 2.05) is 24.3 Å². The van der Waals surface area contributed by atoms with Crippen LogP contribution in [0.2, 0.25) is 5.02 Å². The van der Waals surface area contributed by atoms with Crippen molar-refractivity contribution in [3.8, 4) is 11.1 Å². The maximum absolute atomic E-state index is 13.0. The Morgan fingerprint density at radius 3 is 2.80 bits per heavy atom. The second-order valence-corrected chi connectivity index (χ2v) is 4.32. The highest BCUT2D eigenvalue weighted by Gasteiger charge is 2.05. The molecule has 2 rings (SSSR count). The number of pyridine rings is 1. The third-order valence-corrected chi connectivity index (χ3v) is 2.75. The fourth-order valence-electron chi connectivity index (χ4n) is 1.29. The van der Waals surface area contributed by atoms with E-state index in [0.29, 0.717) is 10.6 Å². The molecule has 4 heteroatoms. The standard InChI is InChI=1S/C11H6BrClFN/c12-8-3-1-2-7(4-8)9-5-11(14)15-6-10(9)13/h1-6H. The molecule has 0 saturated carbocycles. The first-order chi connectivity index (χ1) is 7.16. The Hall–Kier alpha value is -0.930. The SMILES string of the molecule is Fc1cc(-c2cccc(Br)c2)c(Cl)cn1. The molecule has 0 spiro atoms. The van der Waals surface area contributed by atoms with Crippen LogP contribution >= 0.6 is 27.5 Å². The summed E-state index contributed by atoms with van der Waals surface area (Å²) in [6.45, 7) is 0. The third kappa shape index (κ3) is 2.36. The Balaban J connectivity index is 2.58. The van der Waals surface area contributed by atoms with Crippen molar-refractivity contribution in [3.63, 3.8) is 0 Å². The van der Waals surface area contributed by atoms with E-state index in [1.165, 1.54) is 12.3 Å². The number of aromatic nitrogens is 1. The molecular weight excluding hydrogens is 280 g/mol. The second kappa shape index (κ2) is 4.29. The minimum atomic E-state index is -0.533. The summed E-state index contributed by atoms with van der Waals surface area (Å²) in [5.41, 5.74) is 1.50. The summed E-state index contributed by atoms with van der Waals surface area (Å²) in [6, 6.07) is 8.83. The average Bonchev–Trinajstić information content (AvgIpc) is 2.22. The van der Waals surface area contributed by atoms with Gasteiger partial charge in [-0.1, -0.05) is 39.7 Å². The first-order valence-corrected chi connectivity index (χ1v) is 5.41. The monoisotopic (exact) mass is 285 g/mol. The van der Waals surface area contributed by atoms with Crippen LogP contribution in [0.4, 0.5) is 4.39 Å². The van der Waals surface area contributed by atoms with Crippen molar-refractivity contribution in [2.24, 2.45) is 0 Å². The zero-order valence-corrected chi connectivity index (χ0v) is 9.89. The van der Waals surface area contributed by atoms with Crippen molar-refractivity contribution in [3.05, 3.63) is 52.0 Å². The molecule has 76 valence electrons. The van der Waals surface area contributed by atoms with Gasteiger partial charge >= 0.3 is 0 Å². The lowest BCUT2D eigenvalue weighted by molar-refractivity contribution is 0.584. The van der Waals surface area contributed by atoms with E-state index >= 15 is 0 Å². The maximum Gasteiger partial charge on any atom is 0.213 e. The number of benzene rings is 1. The molecule has 0 aliphatic carbocycles. The maximum atomic E-state index is 13.0. The Morgan fingerprint density at radius 1 is 1.27 bits per heavy atom. The van der Waals surface area contributed by atoms with Crippen LogP contribution in [0, 0.1) is 5.95 Å². The van der Waals surface area contributed by atoms with E-state index in [-0.39, 0.29) is 0 Å². The molecule has 0 radical (unpaired) electrons. The Morgan fingerprint density at radius 2 is 2.07 bits per heavy atom. The van der Waals surface area contributed by atoms with E-state index in [1.54, 1.807) is 0 Å². The Bertz CT molecular complexity index is 502. The topological polar surface area (TPSA) is 12.9 Å². The molecule has 0 N–H and O–H groups in total. The van der Waals surface area contributed by atoms with Crippen LogP contribution in [0.15, 0.2) is 41.0 Å². The zero-order chi connectivity index (χ0) is 10.8. The molecule has 1 nitrogen and oxygen atoms in total. The van der Waals surface area contributed by atoms with Gasteiger partial charge in [0.1, 0.15) is 0 Å². The van der Waals surface area contributed by atoms with Crippen molar-refractivity contribution in [2.75, 3.05) is 0 Å². The molecule has 0 aliphatic heterocycles. The minimum absolute atomic E-state index is 0.439. The Labute approximate surface area is 100 Å². The summed E-state index contributed by atoms with van der Waals surface area (Å²) in [5, 5.41) is 0.439. The molecule has 15 heavy (non-hydrogen) atoms. The predicted molar refractivity (Wildman–Crippen MR) is 62.3 cm³/mol. The van der Waals surface area contributed by atoms with E-state index in [4.69, 9.17) is 11.6 Å². The van der Waals surface area contributed by atoms with Crippen LogP contribution in [-0.4, -0.2) is 4.98 Å². The molecule has 0 bridgehead atoms. The summed E-state index contributed by atoms with van der Waals surface area (Å²) in [7, 11) is 0. The van der Waals surface area contributed by atoms with Gasteiger partial charge in [-0.25, -0.2) is 4.98 Å². The van der Waals surface area contributed by atoms with Gasteiger partial charge in [0.2, 0.25) is 5.95 Å². The van der Waals surface area contributed by atoms with Gasteiger partial charge in [0.05, 0.1) is 5.02 Å². The molecular formula is C11H6BrClFN. The van der Waals surface area contributed by atoms with Gasteiger partial charge in [-0.2, -0.15) is 4.39 Å². The van der Waals surface area contributed by atoms with Gasteiger partial charge < -0.3 is 0 Å². The van der Waals surface area contributed by atoms with Crippen LogP contribution in [0.1, 0.15) is 0 Å². The van der Waals surface area contributed by atoms with Gasteiger partial charge in [-0.3, -0.25) is 0 Å². The fraction of sp³-hybridized carbons (Fsp3) is 0. The molecule has 0 saturated heterocycles. The largest absolute Gasteiger partial charge is 0.227 e. The van der Waals surface area contributed by atoms with Crippen LogP contribution in [0.5, 0.6) is 0 Å². The molecule has 0 amide bonds. The molecule has 1 heterocycles. The predicted octanol–water partition coefficient (Wildman–Crippen LogP) is 4.30. The van der Waals surface area contributed by atoms with E-state index in [2.05, 4.69) is 20.9 Å². The van der Waals surface area contributed by atoms with Gasteiger partial charge in [0, 0.05) is 22.3 Å². The minimum Gasteiger partial charge on any atom is -0.227 e. The summed E-state index contributed by atoms with van der Waals surface area (Å²) >= 11 is 9.29. The first-order valence-electron chi connectivity index (χ1n) is 4.24. The number of rotatable bonds is 1. The lowest BCUT2D eigenvalue weighted by Crippen LogP contribution is -1.86. The summed E-state index contributed by atoms with van der Waals surface area (Å²) < 4.78 is 13.9. The normalized spacial score (nSPS) is 10.3. The van der Waals surface area contributed by atoms with Crippen LogP contribution in [-0.2, 0) is 0 Å². The van der Waals surface area contributed by atoms with Crippen molar-refractivity contribution < 1.29 is 4.39 Å². The number of hydrogen-bond donors (Lipinski definition) is 0. The second-order valence-electron chi connectivity index (χ2n) is 3.00. The zero-order valence-electron chi connectivity index (χ0n) is 7.55. The van der Waals surface area contributed by atoms with Crippen molar-refractivity contribution in [1.82, 2.24) is 4.98 Å². The van der Waals surface area contributed by atoms with Crippen LogP contribution in [0.25, 0.3) is 11.1 Å².